The monoisotopic (exact) mass is 251 g/mol. The van der Waals surface area contributed by atoms with Gasteiger partial charge in [-0.05, 0) is 12.0 Å². The SMILES string of the molecule is CC(CCNC(=O)C(O)c1ccccc1)C(=O)O. The lowest BCUT2D eigenvalue weighted by Crippen LogP contribution is -2.31. The summed E-state index contributed by atoms with van der Waals surface area (Å²) in [6.07, 6.45) is -0.880. The highest BCUT2D eigenvalue weighted by atomic mass is 16.4. The Hall–Kier alpha value is -1.88. The van der Waals surface area contributed by atoms with Crippen molar-refractivity contribution in [1.29, 1.82) is 0 Å². The molecular weight excluding hydrogens is 234 g/mol. The number of aliphatic carboxylic acids is 1. The predicted molar refractivity (Wildman–Crippen MR) is 65.8 cm³/mol. The second-order valence-electron chi connectivity index (χ2n) is 4.13. The normalized spacial score (nSPS) is 13.7. The van der Waals surface area contributed by atoms with E-state index in [-0.39, 0.29) is 6.54 Å². The lowest BCUT2D eigenvalue weighted by atomic mass is 10.1. The molecule has 0 heterocycles. The lowest BCUT2D eigenvalue weighted by molar-refractivity contribution is -0.141. The van der Waals surface area contributed by atoms with E-state index >= 15 is 0 Å². The van der Waals surface area contributed by atoms with Crippen molar-refractivity contribution < 1.29 is 19.8 Å². The van der Waals surface area contributed by atoms with Crippen molar-refractivity contribution >= 4 is 11.9 Å². The van der Waals surface area contributed by atoms with Crippen molar-refractivity contribution in [2.75, 3.05) is 6.54 Å². The molecule has 5 heteroatoms. The Morgan fingerprint density at radius 2 is 1.89 bits per heavy atom. The molecule has 0 radical (unpaired) electrons. The van der Waals surface area contributed by atoms with Gasteiger partial charge in [-0.2, -0.15) is 0 Å². The molecule has 0 aliphatic rings. The highest BCUT2D eigenvalue weighted by Gasteiger charge is 2.17. The molecule has 0 saturated carbocycles. The number of aliphatic hydroxyl groups excluding tert-OH is 1. The van der Waals surface area contributed by atoms with Crippen LogP contribution in [0.4, 0.5) is 0 Å². The van der Waals surface area contributed by atoms with Gasteiger partial charge in [-0.25, -0.2) is 0 Å². The molecule has 98 valence electrons. The summed E-state index contributed by atoms with van der Waals surface area (Å²) in [5.41, 5.74) is 0.515. The van der Waals surface area contributed by atoms with E-state index in [1.54, 1.807) is 37.3 Å². The van der Waals surface area contributed by atoms with Crippen LogP contribution in [0.3, 0.4) is 0 Å². The first-order chi connectivity index (χ1) is 8.52. The van der Waals surface area contributed by atoms with Gasteiger partial charge in [-0.3, -0.25) is 9.59 Å². The molecule has 0 spiro atoms. The van der Waals surface area contributed by atoms with E-state index in [4.69, 9.17) is 5.11 Å². The first-order valence-electron chi connectivity index (χ1n) is 5.76. The average Bonchev–Trinajstić information content (AvgIpc) is 2.38. The van der Waals surface area contributed by atoms with E-state index < -0.39 is 23.9 Å². The average molecular weight is 251 g/mol. The maximum atomic E-state index is 11.6. The smallest absolute Gasteiger partial charge is 0.306 e. The van der Waals surface area contributed by atoms with Crippen LogP contribution in [0, 0.1) is 5.92 Å². The highest BCUT2D eigenvalue weighted by molar-refractivity contribution is 5.81. The molecule has 1 rings (SSSR count). The first kappa shape index (κ1) is 14.2. The minimum atomic E-state index is -1.22. The number of carbonyl (C=O) groups is 2. The van der Waals surface area contributed by atoms with Gasteiger partial charge < -0.3 is 15.5 Å². The Morgan fingerprint density at radius 1 is 1.28 bits per heavy atom. The fourth-order valence-corrected chi connectivity index (χ4v) is 1.42. The summed E-state index contributed by atoms with van der Waals surface area (Å²) in [7, 11) is 0. The molecule has 0 saturated heterocycles. The summed E-state index contributed by atoms with van der Waals surface area (Å²) in [5.74, 6) is -1.93. The minimum absolute atomic E-state index is 0.232. The van der Waals surface area contributed by atoms with Crippen molar-refractivity contribution in [1.82, 2.24) is 5.32 Å². The molecule has 0 aromatic heterocycles. The quantitative estimate of drug-likeness (QED) is 0.702. The van der Waals surface area contributed by atoms with Gasteiger partial charge in [-0.15, -0.1) is 0 Å². The summed E-state index contributed by atoms with van der Waals surface area (Å²) in [6, 6.07) is 8.58. The number of carboxylic acid groups (broad SMARTS) is 1. The van der Waals surface area contributed by atoms with Gasteiger partial charge in [0.25, 0.3) is 5.91 Å². The van der Waals surface area contributed by atoms with Crippen molar-refractivity contribution in [2.24, 2.45) is 5.92 Å². The number of nitrogens with one attached hydrogen (secondary N) is 1. The predicted octanol–water partition coefficient (Wildman–Crippen LogP) is 0.947. The zero-order valence-corrected chi connectivity index (χ0v) is 10.2. The third-order valence-electron chi connectivity index (χ3n) is 2.66. The van der Waals surface area contributed by atoms with Gasteiger partial charge in [0, 0.05) is 6.54 Å². The fraction of sp³-hybridized carbons (Fsp3) is 0.385. The van der Waals surface area contributed by atoms with Crippen LogP contribution in [-0.4, -0.2) is 28.6 Å². The van der Waals surface area contributed by atoms with Crippen molar-refractivity contribution in [3.05, 3.63) is 35.9 Å². The Bertz CT molecular complexity index is 405. The van der Waals surface area contributed by atoms with Crippen LogP contribution in [0.25, 0.3) is 0 Å². The van der Waals surface area contributed by atoms with Crippen LogP contribution in [0.2, 0.25) is 0 Å². The maximum absolute atomic E-state index is 11.6. The molecule has 2 unspecified atom stereocenters. The molecule has 5 nitrogen and oxygen atoms in total. The number of hydrogen-bond acceptors (Lipinski definition) is 3. The fourth-order valence-electron chi connectivity index (χ4n) is 1.42. The molecule has 3 N–H and O–H groups in total. The van der Waals surface area contributed by atoms with E-state index in [1.165, 1.54) is 0 Å². The molecule has 1 aromatic rings. The number of benzene rings is 1. The third-order valence-corrected chi connectivity index (χ3v) is 2.66. The minimum Gasteiger partial charge on any atom is -0.481 e. The topological polar surface area (TPSA) is 86.6 Å². The number of rotatable bonds is 6. The van der Waals surface area contributed by atoms with Crippen molar-refractivity contribution in [3.63, 3.8) is 0 Å². The third kappa shape index (κ3) is 4.18. The summed E-state index contributed by atoms with van der Waals surface area (Å²) in [5, 5.41) is 20.9. The number of carboxylic acids is 1. The Kier molecular flexibility index (Phi) is 5.32. The van der Waals surface area contributed by atoms with Gasteiger partial charge in [0.15, 0.2) is 6.10 Å². The van der Waals surface area contributed by atoms with E-state index in [0.717, 1.165) is 0 Å². The number of amides is 1. The number of carbonyl (C=O) groups excluding carboxylic acids is 1. The summed E-state index contributed by atoms with van der Waals surface area (Å²) < 4.78 is 0. The Labute approximate surface area is 105 Å². The number of aliphatic hydroxyl groups is 1. The standard InChI is InChI=1S/C13H17NO4/c1-9(13(17)18)7-8-14-12(16)11(15)10-5-3-2-4-6-10/h2-6,9,11,15H,7-8H2,1H3,(H,14,16)(H,17,18). The van der Waals surface area contributed by atoms with Crippen LogP contribution in [0.15, 0.2) is 30.3 Å². The molecule has 2 atom stereocenters. The molecule has 0 bridgehead atoms. The number of hydrogen-bond donors (Lipinski definition) is 3. The zero-order valence-electron chi connectivity index (χ0n) is 10.2. The molecule has 1 aromatic carbocycles. The second kappa shape index (κ2) is 6.76. The van der Waals surface area contributed by atoms with Gasteiger partial charge in [-0.1, -0.05) is 37.3 Å². The Balaban J connectivity index is 2.40. The summed E-state index contributed by atoms with van der Waals surface area (Å²) in [6.45, 7) is 1.80. The Morgan fingerprint density at radius 3 is 2.44 bits per heavy atom. The van der Waals surface area contributed by atoms with Crippen molar-refractivity contribution in [3.8, 4) is 0 Å². The summed E-state index contributed by atoms with van der Waals surface area (Å²) in [4.78, 5) is 22.2. The van der Waals surface area contributed by atoms with E-state index in [0.29, 0.717) is 12.0 Å². The molecule has 0 aliphatic heterocycles. The second-order valence-corrected chi connectivity index (χ2v) is 4.13. The van der Waals surface area contributed by atoms with E-state index in [9.17, 15) is 14.7 Å². The largest absolute Gasteiger partial charge is 0.481 e. The van der Waals surface area contributed by atoms with Gasteiger partial charge in [0.05, 0.1) is 5.92 Å². The molecular formula is C13H17NO4. The van der Waals surface area contributed by atoms with Crippen LogP contribution in [0.5, 0.6) is 0 Å². The first-order valence-corrected chi connectivity index (χ1v) is 5.76. The van der Waals surface area contributed by atoms with Gasteiger partial charge in [0.2, 0.25) is 0 Å². The van der Waals surface area contributed by atoms with Crippen LogP contribution in [0.1, 0.15) is 25.0 Å². The van der Waals surface area contributed by atoms with Crippen LogP contribution < -0.4 is 5.32 Å². The van der Waals surface area contributed by atoms with E-state index in [2.05, 4.69) is 5.32 Å². The molecule has 18 heavy (non-hydrogen) atoms. The lowest BCUT2D eigenvalue weighted by Gasteiger charge is -2.12. The molecule has 0 aliphatic carbocycles. The molecule has 1 amide bonds. The highest BCUT2D eigenvalue weighted by Crippen LogP contribution is 2.11. The maximum Gasteiger partial charge on any atom is 0.306 e. The van der Waals surface area contributed by atoms with Gasteiger partial charge >= 0.3 is 5.97 Å². The zero-order chi connectivity index (χ0) is 13.5. The van der Waals surface area contributed by atoms with E-state index in [1.807, 2.05) is 0 Å². The van der Waals surface area contributed by atoms with Crippen LogP contribution >= 0.6 is 0 Å². The molecule has 0 fully saturated rings. The van der Waals surface area contributed by atoms with Crippen molar-refractivity contribution in [2.45, 2.75) is 19.4 Å². The summed E-state index contributed by atoms with van der Waals surface area (Å²) >= 11 is 0. The van der Waals surface area contributed by atoms with Gasteiger partial charge in [0.1, 0.15) is 0 Å². The van der Waals surface area contributed by atoms with Crippen LogP contribution in [-0.2, 0) is 9.59 Å².